The maximum absolute atomic E-state index is 11.3. The molecule has 4 nitrogen and oxygen atoms in total. The highest BCUT2D eigenvalue weighted by Gasteiger charge is 2.21. The fourth-order valence-corrected chi connectivity index (χ4v) is 1.12. The largest absolute Gasteiger partial charge is 0.447 e. The summed E-state index contributed by atoms with van der Waals surface area (Å²) in [6.07, 6.45) is 2.25. The minimum atomic E-state index is -0.278. The minimum Gasteiger partial charge on any atom is -0.447 e. The Bertz CT molecular complexity index is 202. The zero-order chi connectivity index (χ0) is 11.3. The van der Waals surface area contributed by atoms with Crippen molar-refractivity contribution >= 4 is 6.09 Å². The molecule has 0 unspecified atom stereocenters. The summed E-state index contributed by atoms with van der Waals surface area (Å²) in [6, 6.07) is 0. The average molecular weight is 215 g/mol. The lowest BCUT2D eigenvalue weighted by atomic mass is 10.5. The highest BCUT2D eigenvalue weighted by atomic mass is 16.6. The van der Waals surface area contributed by atoms with E-state index in [1.807, 2.05) is 13.8 Å². The first-order valence-electron chi connectivity index (χ1n) is 5.59. The summed E-state index contributed by atoms with van der Waals surface area (Å²) in [7, 11) is 1.73. The summed E-state index contributed by atoms with van der Waals surface area (Å²) in [5.41, 5.74) is 0. The normalized spacial score (nSPS) is 15.5. The summed E-state index contributed by atoms with van der Waals surface area (Å²) in [4.78, 5) is 12.9. The molecule has 0 N–H and O–H groups in total. The number of ether oxygens (including phenoxy) is 2. The van der Waals surface area contributed by atoms with Gasteiger partial charge in [0.05, 0.1) is 12.7 Å². The molecule has 0 radical (unpaired) electrons. The van der Waals surface area contributed by atoms with E-state index in [0.29, 0.717) is 13.2 Å². The predicted molar refractivity (Wildman–Crippen MR) is 57.8 cm³/mol. The molecule has 0 saturated heterocycles. The molecule has 0 aromatic heterocycles. The van der Waals surface area contributed by atoms with Gasteiger partial charge < -0.3 is 14.4 Å². The highest BCUT2D eigenvalue weighted by Crippen LogP contribution is 2.28. The third kappa shape index (κ3) is 5.62. The third-order valence-corrected chi connectivity index (χ3v) is 2.27. The van der Waals surface area contributed by atoms with Gasteiger partial charge in [-0.05, 0) is 32.6 Å². The van der Waals surface area contributed by atoms with Gasteiger partial charge in [0, 0.05) is 20.2 Å². The van der Waals surface area contributed by atoms with Crippen molar-refractivity contribution in [1.82, 2.24) is 4.90 Å². The fourth-order valence-electron chi connectivity index (χ4n) is 1.12. The Kier molecular flexibility index (Phi) is 4.88. The molecule has 1 saturated carbocycles. The van der Waals surface area contributed by atoms with E-state index < -0.39 is 0 Å². The first-order valence-corrected chi connectivity index (χ1v) is 5.59. The second kappa shape index (κ2) is 5.95. The van der Waals surface area contributed by atoms with Crippen molar-refractivity contribution in [2.24, 2.45) is 5.92 Å². The van der Waals surface area contributed by atoms with Crippen LogP contribution < -0.4 is 0 Å². The summed E-state index contributed by atoms with van der Waals surface area (Å²) in [5, 5.41) is 0. The molecule has 0 heterocycles. The van der Waals surface area contributed by atoms with Crippen LogP contribution in [0.1, 0.15) is 26.7 Å². The third-order valence-electron chi connectivity index (χ3n) is 2.27. The average Bonchev–Trinajstić information content (AvgIpc) is 2.94. The van der Waals surface area contributed by atoms with Gasteiger partial charge in [-0.15, -0.1) is 0 Å². The number of carbonyl (C=O) groups is 1. The second-order valence-corrected chi connectivity index (χ2v) is 4.37. The van der Waals surface area contributed by atoms with E-state index in [1.165, 1.54) is 12.8 Å². The number of hydrogen-bond donors (Lipinski definition) is 0. The molecule has 0 aromatic carbocycles. The molecule has 15 heavy (non-hydrogen) atoms. The van der Waals surface area contributed by atoms with E-state index in [0.717, 1.165) is 12.5 Å². The molecule has 1 amide bonds. The van der Waals surface area contributed by atoms with E-state index >= 15 is 0 Å². The Balaban J connectivity index is 2.00. The summed E-state index contributed by atoms with van der Waals surface area (Å²) in [6.45, 7) is 5.72. The maximum Gasteiger partial charge on any atom is 0.409 e. The van der Waals surface area contributed by atoms with Gasteiger partial charge in [-0.2, -0.15) is 0 Å². The topological polar surface area (TPSA) is 38.8 Å². The van der Waals surface area contributed by atoms with Crippen LogP contribution in [0.2, 0.25) is 0 Å². The minimum absolute atomic E-state index is 0.0627. The quantitative estimate of drug-likeness (QED) is 0.635. The van der Waals surface area contributed by atoms with Crippen LogP contribution in [0.4, 0.5) is 4.79 Å². The van der Waals surface area contributed by atoms with Gasteiger partial charge >= 0.3 is 6.09 Å². The van der Waals surface area contributed by atoms with Crippen LogP contribution in [0.25, 0.3) is 0 Å². The molecular formula is C11H21NO3. The Morgan fingerprint density at radius 3 is 2.67 bits per heavy atom. The Morgan fingerprint density at radius 2 is 2.13 bits per heavy atom. The lowest BCUT2D eigenvalue weighted by Crippen LogP contribution is -2.32. The van der Waals surface area contributed by atoms with Gasteiger partial charge in [0.15, 0.2) is 0 Å². The smallest absolute Gasteiger partial charge is 0.409 e. The molecule has 4 heteroatoms. The molecule has 1 aliphatic rings. The van der Waals surface area contributed by atoms with Crippen LogP contribution in [0.3, 0.4) is 0 Å². The molecule has 0 spiro atoms. The molecule has 88 valence electrons. The van der Waals surface area contributed by atoms with Crippen molar-refractivity contribution < 1.29 is 14.3 Å². The van der Waals surface area contributed by atoms with Gasteiger partial charge in [-0.1, -0.05) is 0 Å². The van der Waals surface area contributed by atoms with Gasteiger partial charge in [-0.3, -0.25) is 0 Å². The lowest BCUT2D eigenvalue weighted by molar-refractivity contribution is 0.0649. The van der Waals surface area contributed by atoms with Crippen LogP contribution in [0.5, 0.6) is 0 Å². The summed E-state index contributed by atoms with van der Waals surface area (Å²) in [5.74, 6) is 0.776. The van der Waals surface area contributed by atoms with Crippen molar-refractivity contribution in [2.75, 3.05) is 26.8 Å². The van der Waals surface area contributed by atoms with Crippen molar-refractivity contribution in [3.63, 3.8) is 0 Å². The van der Waals surface area contributed by atoms with Crippen LogP contribution in [0, 0.1) is 5.92 Å². The van der Waals surface area contributed by atoms with Crippen LogP contribution in [0.15, 0.2) is 0 Å². The van der Waals surface area contributed by atoms with Crippen molar-refractivity contribution in [3.8, 4) is 0 Å². The predicted octanol–water partition coefficient (Wildman–Crippen LogP) is 1.89. The molecular weight excluding hydrogens is 194 g/mol. The highest BCUT2D eigenvalue weighted by molar-refractivity contribution is 5.67. The van der Waals surface area contributed by atoms with Crippen LogP contribution in [-0.4, -0.2) is 43.9 Å². The SMILES string of the molecule is CC(C)OC(=O)N(C)CCOCC1CC1. The molecule has 1 rings (SSSR count). The van der Waals surface area contributed by atoms with Crippen LogP contribution >= 0.6 is 0 Å². The number of amides is 1. The number of carbonyl (C=O) groups excluding carboxylic acids is 1. The molecule has 1 aliphatic carbocycles. The second-order valence-electron chi connectivity index (χ2n) is 4.37. The number of nitrogens with zero attached hydrogens (tertiary/aromatic N) is 1. The van der Waals surface area contributed by atoms with Crippen molar-refractivity contribution in [2.45, 2.75) is 32.8 Å². The maximum atomic E-state index is 11.3. The Labute approximate surface area is 91.5 Å². The Hall–Kier alpha value is -0.770. The zero-order valence-electron chi connectivity index (χ0n) is 9.86. The van der Waals surface area contributed by atoms with E-state index in [4.69, 9.17) is 9.47 Å². The van der Waals surface area contributed by atoms with Crippen molar-refractivity contribution in [3.05, 3.63) is 0 Å². The van der Waals surface area contributed by atoms with Crippen molar-refractivity contribution in [1.29, 1.82) is 0 Å². The van der Waals surface area contributed by atoms with Gasteiger partial charge in [0.1, 0.15) is 0 Å². The molecule has 0 aromatic rings. The van der Waals surface area contributed by atoms with E-state index in [2.05, 4.69) is 0 Å². The number of likely N-dealkylation sites (N-methyl/N-ethyl adjacent to an activating group) is 1. The summed E-state index contributed by atoms with van der Waals surface area (Å²) < 4.78 is 10.5. The van der Waals surface area contributed by atoms with E-state index in [-0.39, 0.29) is 12.2 Å². The molecule has 1 fully saturated rings. The van der Waals surface area contributed by atoms with Gasteiger partial charge in [-0.25, -0.2) is 4.79 Å². The van der Waals surface area contributed by atoms with Gasteiger partial charge in [0.25, 0.3) is 0 Å². The lowest BCUT2D eigenvalue weighted by Gasteiger charge is -2.18. The van der Waals surface area contributed by atoms with Gasteiger partial charge in [0.2, 0.25) is 0 Å². The Morgan fingerprint density at radius 1 is 1.47 bits per heavy atom. The fraction of sp³-hybridized carbons (Fsp3) is 0.909. The standard InChI is InChI=1S/C11H21NO3/c1-9(2)15-11(13)12(3)6-7-14-8-10-4-5-10/h9-10H,4-8H2,1-3H3. The summed E-state index contributed by atoms with van der Waals surface area (Å²) >= 11 is 0. The monoisotopic (exact) mass is 215 g/mol. The molecule has 0 aliphatic heterocycles. The molecule has 0 atom stereocenters. The number of hydrogen-bond acceptors (Lipinski definition) is 3. The zero-order valence-corrected chi connectivity index (χ0v) is 9.86. The number of rotatable bonds is 6. The molecule has 0 bridgehead atoms. The van der Waals surface area contributed by atoms with E-state index in [1.54, 1.807) is 11.9 Å². The van der Waals surface area contributed by atoms with Crippen LogP contribution in [-0.2, 0) is 9.47 Å². The first-order chi connectivity index (χ1) is 7.09. The first kappa shape index (κ1) is 12.3. The van der Waals surface area contributed by atoms with E-state index in [9.17, 15) is 4.79 Å².